The average molecular weight is 345 g/mol. The Balaban J connectivity index is 2.04. The zero-order valence-electron chi connectivity index (χ0n) is 15.9. The predicted octanol–water partition coefficient (Wildman–Crippen LogP) is 5.38. The number of ether oxygens (including phenoxy) is 1. The minimum Gasteiger partial charge on any atom is -0.485 e. The first-order valence-corrected chi connectivity index (χ1v) is 8.87. The summed E-state index contributed by atoms with van der Waals surface area (Å²) >= 11 is 0. The van der Waals surface area contributed by atoms with Crippen molar-refractivity contribution >= 4 is 17.3 Å². The fourth-order valence-corrected chi connectivity index (χ4v) is 3.73. The smallest absolute Gasteiger partial charge is 0.181 e. The molecule has 0 spiro atoms. The van der Waals surface area contributed by atoms with E-state index in [1.165, 1.54) is 16.7 Å². The first kappa shape index (κ1) is 16.6. The van der Waals surface area contributed by atoms with Crippen LogP contribution in [0.3, 0.4) is 0 Å². The number of benzene rings is 1. The Morgan fingerprint density at radius 2 is 1.38 bits per heavy atom. The van der Waals surface area contributed by atoms with Gasteiger partial charge in [0.05, 0.1) is 5.69 Å². The molecule has 3 heterocycles. The highest BCUT2D eigenvalue weighted by Crippen LogP contribution is 2.44. The Morgan fingerprint density at radius 3 is 2.08 bits per heavy atom. The number of fused-ring (bicyclic) bond motifs is 2. The number of aryl methyl sites for hydroxylation is 5. The van der Waals surface area contributed by atoms with Crippen LogP contribution in [0.1, 0.15) is 33.4 Å². The molecule has 4 heteroatoms. The summed E-state index contributed by atoms with van der Waals surface area (Å²) in [5, 5.41) is 0. The van der Waals surface area contributed by atoms with Gasteiger partial charge in [-0.15, -0.1) is 0 Å². The SMILES string of the molecule is Cc1cc(C)c(N2c3ncc(C)cc3COc3cc(C)cnc32)c(C)c1. The monoisotopic (exact) mass is 345 g/mol. The second kappa shape index (κ2) is 6.13. The van der Waals surface area contributed by atoms with Crippen LogP contribution in [0.2, 0.25) is 0 Å². The molecular weight excluding hydrogens is 322 g/mol. The van der Waals surface area contributed by atoms with E-state index >= 15 is 0 Å². The van der Waals surface area contributed by atoms with Crippen LogP contribution in [0.15, 0.2) is 36.7 Å². The first-order chi connectivity index (χ1) is 12.4. The van der Waals surface area contributed by atoms with Crippen molar-refractivity contribution in [3.8, 4) is 5.75 Å². The zero-order valence-corrected chi connectivity index (χ0v) is 15.9. The third kappa shape index (κ3) is 2.71. The molecule has 1 aromatic carbocycles. The van der Waals surface area contributed by atoms with E-state index < -0.39 is 0 Å². The van der Waals surface area contributed by atoms with Gasteiger partial charge in [0.1, 0.15) is 12.4 Å². The third-order valence-electron chi connectivity index (χ3n) is 4.71. The van der Waals surface area contributed by atoms with Crippen LogP contribution in [0.4, 0.5) is 17.3 Å². The highest BCUT2D eigenvalue weighted by Gasteiger charge is 2.28. The van der Waals surface area contributed by atoms with Crippen molar-refractivity contribution in [2.75, 3.05) is 4.90 Å². The summed E-state index contributed by atoms with van der Waals surface area (Å²) in [5.74, 6) is 2.47. The van der Waals surface area contributed by atoms with E-state index in [4.69, 9.17) is 14.7 Å². The Labute approximate surface area is 154 Å². The van der Waals surface area contributed by atoms with E-state index in [9.17, 15) is 0 Å². The van der Waals surface area contributed by atoms with E-state index in [0.717, 1.165) is 39.8 Å². The van der Waals surface area contributed by atoms with E-state index in [1.807, 2.05) is 25.4 Å². The molecular formula is C22H23N3O. The molecule has 0 amide bonds. The van der Waals surface area contributed by atoms with E-state index in [2.05, 4.69) is 50.8 Å². The van der Waals surface area contributed by atoms with Crippen LogP contribution in [-0.4, -0.2) is 9.97 Å². The number of pyridine rings is 2. The van der Waals surface area contributed by atoms with Crippen LogP contribution in [0, 0.1) is 34.6 Å². The molecule has 0 fully saturated rings. The molecule has 0 atom stereocenters. The quantitative estimate of drug-likeness (QED) is 0.593. The molecule has 4 rings (SSSR count). The van der Waals surface area contributed by atoms with Gasteiger partial charge >= 0.3 is 0 Å². The van der Waals surface area contributed by atoms with E-state index in [0.29, 0.717) is 6.61 Å². The third-order valence-corrected chi connectivity index (χ3v) is 4.71. The topological polar surface area (TPSA) is 38.2 Å². The summed E-state index contributed by atoms with van der Waals surface area (Å²) in [7, 11) is 0. The summed E-state index contributed by atoms with van der Waals surface area (Å²) in [4.78, 5) is 11.6. The number of rotatable bonds is 1. The van der Waals surface area contributed by atoms with Gasteiger partial charge in [-0.1, -0.05) is 17.7 Å². The van der Waals surface area contributed by atoms with Gasteiger partial charge in [0.15, 0.2) is 11.6 Å². The van der Waals surface area contributed by atoms with Crippen LogP contribution in [0.25, 0.3) is 0 Å². The Kier molecular flexibility index (Phi) is 3.91. The van der Waals surface area contributed by atoms with Crippen molar-refractivity contribution < 1.29 is 4.74 Å². The number of aromatic nitrogens is 2. The van der Waals surface area contributed by atoms with Gasteiger partial charge in [-0.05, 0) is 69.0 Å². The molecule has 2 aromatic heterocycles. The standard InChI is InChI=1S/C22H23N3O/c1-13-6-16(4)20(17(5)7-13)25-21-18(8-14(2)10-23-21)12-26-19-9-15(3)11-24-22(19)25/h6-11H,12H2,1-5H3. The van der Waals surface area contributed by atoms with Gasteiger partial charge < -0.3 is 4.74 Å². The lowest BCUT2D eigenvalue weighted by Crippen LogP contribution is -2.16. The Bertz CT molecular complexity index is 934. The summed E-state index contributed by atoms with van der Waals surface area (Å²) < 4.78 is 6.12. The van der Waals surface area contributed by atoms with Crippen molar-refractivity contribution in [3.63, 3.8) is 0 Å². The molecule has 0 saturated heterocycles. The largest absolute Gasteiger partial charge is 0.485 e. The molecule has 4 nitrogen and oxygen atoms in total. The highest BCUT2D eigenvalue weighted by molar-refractivity contribution is 5.82. The van der Waals surface area contributed by atoms with Gasteiger partial charge in [-0.3, -0.25) is 4.90 Å². The van der Waals surface area contributed by atoms with Crippen molar-refractivity contribution in [1.82, 2.24) is 9.97 Å². The van der Waals surface area contributed by atoms with Crippen molar-refractivity contribution in [2.45, 2.75) is 41.2 Å². The molecule has 0 N–H and O–H groups in total. The maximum absolute atomic E-state index is 6.12. The van der Waals surface area contributed by atoms with Gasteiger partial charge in [0.2, 0.25) is 0 Å². The fraction of sp³-hybridized carbons (Fsp3) is 0.273. The summed E-state index contributed by atoms with van der Waals surface area (Å²) in [6.45, 7) is 11.0. The number of hydrogen-bond acceptors (Lipinski definition) is 4. The van der Waals surface area contributed by atoms with Crippen LogP contribution >= 0.6 is 0 Å². The molecule has 132 valence electrons. The van der Waals surface area contributed by atoms with Gasteiger partial charge in [0, 0.05) is 18.0 Å². The average Bonchev–Trinajstić information content (AvgIpc) is 2.71. The van der Waals surface area contributed by atoms with Gasteiger partial charge in [-0.2, -0.15) is 0 Å². The Hall–Kier alpha value is -2.88. The molecule has 0 radical (unpaired) electrons. The molecule has 0 bridgehead atoms. The normalized spacial score (nSPS) is 12.9. The van der Waals surface area contributed by atoms with Crippen molar-refractivity contribution in [2.24, 2.45) is 0 Å². The maximum Gasteiger partial charge on any atom is 0.181 e. The molecule has 1 aliphatic heterocycles. The summed E-state index contributed by atoms with van der Waals surface area (Å²) in [5.41, 5.74) is 8.05. The van der Waals surface area contributed by atoms with E-state index in [1.54, 1.807) is 0 Å². The molecule has 0 unspecified atom stereocenters. The van der Waals surface area contributed by atoms with Gasteiger partial charge in [-0.25, -0.2) is 9.97 Å². The second-order valence-corrected chi connectivity index (χ2v) is 7.20. The predicted molar refractivity (Wildman–Crippen MR) is 105 cm³/mol. The molecule has 3 aromatic rings. The summed E-state index contributed by atoms with van der Waals surface area (Å²) in [6, 6.07) is 8.60. The lowest BCUT2D eigenvalue weighted by Gasteiger charge is -2.27. The maximum atomic E-state index is 6.12. The number of nitrogens with zero attached hydrogens (tertiary/aromatic N) is 3. The minimum absolute atomic E-state index is 0.489. The Morgan fingerprint density at radius 1 is 0.769 bits per heavy atom. The van der Waals surface area contributed by atoms with Crippen LogP contribution in [0.5, 0.6) is 5.75 Å². The molecule has 26 heavy (non-hydrogen) atoms. The van der Waals surface area contributed by atoms with Crippen LogP contribution < -0.4 is 9.64 Å². The lowest BCUT2D eigenvalue weighted by atomic mass is 10.0. The highest BCUT2D eigenvalue weighted by atomic mass is 16.5. The van der Waals surface area contributed by atoms with Crippen LogP contribution in [-0.2, 0) is 6.61 Å². The van der Waals surface area contributed by atoms with Crippen molar-refractivity contribution in [3.05, 3.63) is 70.0 Å². The summed E-state index contributed by atoms with van der Waals surface area (Å²) in [6.07, 6.45) is 3.79. The van der Waals surface area contributed by atoms with Crippen molar-refractivity contribution in [1.29, 1.82) is 0 Å². The lowest BCUT2D eigenvalue weighted by molar-refractivity contribution is 0.309. The van der Waals surface area contributed by atoms with E-state index in [-0.39, 0.29) is 0 Å². The number of hydrogen-bond donors (Lipinski definition) is 0. The molecule has 1 aliphatic rings. The second-order valence-electron chi connectivity index (χ2n) is 7.20. The number of anilines is 3. The fourth-order valence-electron chi connectivity index (χ4n) is 3.73. The first-order valence-electron chi connectivity index (χ1n) is 8.87. The van der Waals surface area contributed by atoms with Gasteiger partial charge in [0.25, 0.3) is 0 Å². The minimum atomic E-state index is 0.489. The molecule has 0 aliphatic carbocycles. The zero-order chi connectivity index (χ0) is 18.4. The molecule has 0 saturated carbocycles.